The minimum Gasteiger partial charge on any atom is -0.489 e. The number of ether oxygens (including phenoxy) is 2. The Kier molecular flexibility index (Phi) is 5.02. The highest BCUT2D eigenvalue weighted by atomic mass is 19.1. The van der Waals surface area contributed by atoms with Crippen molar-refractivity contribution in [1.29, 1.82) is 10.9 Å². The lowest BCUT2D eigenvalue weighted by atomic mass is 10.0. The zero-order valence-corrected chi connectivity index (χ0v) is 15.5. The first-order valence-corrected chi connectivity index (χ1v) is 8.94. The highest BCUT2D eigenvalue weighted by Gasteiger charge is 2.33. The average Bonchev–Trinajstić information content (AvgIpc) is 2.71. The molecule has 4 rings (SSSR count). The molecule has 0 radical (unpaired) electrons. The molecule has 2 aliphatic heterocycles. The van der Waals surface area contributed by atoms with Crippen molar-refractivity contribution in [2.24, 2.45) is 5.11 Å². The van der Waals surface area contributed by atoms with Gasteiger partial charge in [-0.25, -0.2) is 18.7 Å². The number of benzene rings is 2. The number of nitrogens with zero attached hydrogens (tertiary/aromatic N) is 2. The van der Waals surface area contributed by atoms with Gasteiger partial charge in [0, 0.05) is 30.7 Å². The third-order valence-electron chi connectivity index (χ3n) is 4.86. The highest BCUT2D eigenvalue weighted by Crippen LogP contribution is 2.40. The van der Waals surface area contributed by atoms with E-state index in [1.807, 2.05) is 0 Å². The van der Waals surface area contributed by atoms with Crippen molar-refractivity contribution in [3.63, 3.8) is 0 Å². The van der Waals surface area contributed by atoms with Gasteiger partial charge in [-0.2, -0.15) is 0 Å². The Labute approximate surface area is 168 Å². The number of carbonyl (C=O) groups excluding carboxylic acids is 1. The monoisotopic (exact) mass is 419 g/mol. The van der Waals surface area contributed by atoms with E-state index in [1.54, 1.807) is 0 Å². The molecule has 2 aliphatic rings. The van der Waals surface area contributed by atoms with Gasteiger partial charge in [-0.1, -0.05) is 6.07 Å². The number of amidine groups is 1. The van der Waals surface area contributed by atoms with Gasteiger partial charge in [0.1, 0.15) is 41.1 Å². The smallest absolute Gasteiger partial charge is 0.262 e. The van der Waals surface area contributed by atoms with Crippen LogP contribution in [0.25, 0.3) is 0 Å². The van der Waals surface area contributed by atoms with Crippen LogP contribution < -0.4 is 19.7 Å². The van der Waals surface area contributed by atoms with Gasteiger partial charge in [-0.3, -0.25) is 10.2 Å². The Morgan fingerprint density at radius 2 is 2.03 bits per heavy atom. The number of fused-ring (bicyclic) bond motifs is 2. The van der Waals surface area contributed by atoms with Gasteiger partial charge < -0.3 is 19.7 Å². The summed E-state index contributed by atoms with van der Waals surface area (Å²) in [5, 5.41) is 13.2. The maximum atomic E-state index is 15.1. The summed E-state index contributed by atoms with van der Waals surface area (Å²) in [6.07, 6.45) is -0.0633. The zero-order valence-electron chi connectivity index (χ0n) is 15.5. The Hall–Kier alpha value is -3.63. The second-order valence-corrected chi connectivity index (χ2v) is 6.84. The summed E-state index contributed by atoms with van der Waals surface area (Å²) >= 11 is 0. The topological polar surface area (TPSA) is 111 Å². The number of amides is 1. The van der Waals surface area contributed by atoms with Gasteiger partial charge in [0.25, 0.3) is 5.91 Å². The van der Waals surface area contributed by atoms with E-state index in [0.717, 1.165) is 6.07 Å². The van der Waals surface area contributed by atoms with Crippen molar-refractivity contribution < 1.29 is 27.4 Å². The molecule has 0 fully saturated rings. The van der Waals surface area contributed by atoms with Crippen LogP contribution >= 0.6 is 0 Å². The molecule has 0 saturated heterocycles. The fourth-order valence-corrected chi connectivity index (χ4v) is 3.50. The van der Waals surface area contributed by atoms with Crippen LogP contribution in [0.4, 0.5) is 24.5 Å². The minimum atomic E-state index is -0.904. The Morgan fingerprint density at radius 1 is 1.23 bits per heavy atom. The quantitative estimate of drug-likeness (QED) is 0.399. The number of nitrogens with one attached hydrogen (secondary N) is 3. The Bertz CT molecular complexity index is 1060. The molecular formula is C19H16F3N5O3. The van der Waals surface area contributed by atoms with Crippen LogP contribution in [-0.4, -0.2) is 31.0 Å². The summed E-state index contributed by atoms with van der Waals surface area (Å²) in [4.78, 5) is 13.0. The van der Waals surface area contributed by atoms with Crippen molar-refractivity contribution in [2.75, 3.05) is 23.4 Å². The van der Waals surface area contributed by atoms with Gasteiger partial charge in [0.2, 0.25) is 0 Å². The molecule has 0 spiro atoms. The van der Waals surface area contributed by atoms with E-state index in [4.69, 9.17) is 20.4 Å². The second-order valence-electron chi connectivity index (χ2n) is 6.84. The summed E-state index contributed by atoms with van der Waals surface area (Å²) in [5.74, 6) is -3.11. The zero-order chi connectivity index (χ0) is 21.4. The lowest BCUT2D eigenvalue weighted by molar-refractivity contribution is -0.118. The molecule has 11 heteroatoms. The molecule has 30 heavy (non-hydrogen) atoms. The molecule has 0 unspecified atom stereocenters. The first kappa shape index (κ1) is 19.7. The van der Waals surface area contributed by atoms with Gasteiger partial charge in [0.15, 0.2) is 18.2 Å². The predicted octanol–water partition coefficient (Wildman–Crippen LogP) is 3.60. The third kappa shape index (κ3) is 3.53. The highest BCUT2D eigenvalue weighted by molar-refractivity contribution is 5.95. The maximum absolute atomic E-state index is 15.1. The van der Waals surface area contributed by atoms with E-state index < -0.39 is 29.4 Å². The summed E-state index contributed by atoms with van der Waals surface area (Å²) in [6.45, 7) is -0.426. The molecule has 2 heterocycles. The molecule has 2 aromatic rings. The van der Waals surface area contributed by atoms with Crippen LogP contribution in [0.15, 0.2) is 29.4 Å². The van der Waals surface area contributed by atoms with Crippen LogP contribution in [-0.2, 0) is 11.3 Å². The van der Waals surface area contributed by atoms with Gasteiger partial charge in [-0.15, -0.1) is 5.11 Å². The van der Waals surface area contributed by atoms with Crippen LogP contribution in [0.2, 0.25) is 0 Å². The van der Waals surface area contributed by atoms with Gasteiger partial charge in [0.05, 0.1) is 6.04 Å². The van der Waals surface area contributed by atoms with Crippen LogP contribution in [0, 0.1) is 28.4 Å². The standard InChI is InChI=1S/C19H16F3N5O3/c20-10-3-12(21)19-14(4-10)29-7-11(5-15(23)26-24)27(19)6-9-1-2-13-18(17(9)22)25-16(28)8-30-13/h1-4,11,23-24H,5-8H2,(H,25,28)/t11-/m0/s1. The molecule has 1 amide bonds. The number of hydrogen-bond acceptors (Lipinski definition) is 6. The molecule has 1 atom stereocenters. The molecule has 0 bridgehead atoms. The fraction of sp³-hybridized carbons (Fsp3) is 0.263. The largest absolute Gasteiger partial charge is 0.489 e. The van der Waals surface area contributed by atoms with Gasteiger partial charge in [-0.05, 0) is 6.07 Å². The first-order valence-electron chi connectivity index (χ1n) is 8.94. The molecule has 0 aliphatic carbocycles. The Morgan fingerprint density at radius 3 is 2.80 bits per heavy atom. The van der Waals surface area contributed by atoms with Crippen molar-refractivity contribution in [2.45, 2.75) is 19.0 Å². The van der Waals surface area contributed by atoms with E-state index in [9.17, 15) is 13.6 Å². The van der Waals surface area contributed by atoms with E-state index in [-0.39, 0.29) is 60.5 Å². The molecular weight excluding hydrogens is 403 g/mol. The Balaban J connectivity index is 1.75. The average molecular weight is 419 g/mol. The van der Waals surface area contributed by atoms with Crippen LogP contribution in [0.3, 0.4) is 0 Å². The summed E-state index contributed by atoms with van der Waals surface area (Å²) in [7, 11) is 0. The second kappa shape index (κ2) is 7.65. The van der Waals surface area contributed by atoms with Gasteiger partial charge >= 0.3 is 0 Å². The molecule has 0 aromatic heterocycles. The van der Waals surface area contributed by atoms with E-state index in [2.05, 4.69) is 10.4 Å². The number of carbonyl (C=O) groups is 1. The first-order chi connectivity index (χ1) is 14.4. The molecule has 3 N–H and O–H groups in total. The normalized spacial score (nSPS) is 17.2. The lowest BCUT2D eigenvalue weighted by Crippen LogP contribution is -2.44. The fourth-order valence-electron chi connectivity index (χ4n) is 3.50. The predicted molar refractivity (Wildman–Crippen MR) is 99.8 cm³/mol. The minimum absolute atomic E-state index is 0.0415. The van der Waals surface area contributed by atoms with Crippen molar-refractivity contribution in [3.8, 4) is 11.5 Å². The summed E-state index contributed by atoms with van der Waals surface area (Å²) in [5.41, 5.74) is 6.92. The van der Waals surface area contributed by atoms with Crippen LogP contribution in [0.5, 0.6) is 11.5 Å². The third-order valence-corrected chi connectivity index (χ3v) is 4.86. The summed E-state index contributed by atoms with van der Waals surface area (Å²) in [6, 6.07) is 4.00. The van der Waals surface area contributed by atoms with Crippen LogP contribution in [0.1, 0.15) is 12.0 Å². The SMILES string of the molecule is N=NC(=N)C[C@H]1COc2cc(F)cc(F)c2N1Cc1ccc2c(c1F)NC(=O)CO2. The van der Waals surface area contributed by atoms with E-state index in [1.165, 1.54) is 17.0 Å². The maximum Gasteiger partial charge on any atom is 0.262 e. The lowest BCUT2D eigenvalue weighted by Gasteiger charge is -2.38. The van der Waals surface area contributed by atoms with Crippen molar-refractivity contribution in [3.05, 3.63) is 47.3 Å². The van der Waals surface area contributed by atoms with E-state index >= 15 is 4.39 Å². The summed E-state index contributed by atoms with van der Waals surface area (Å²) < 4.78 is 54.0. The van der Waals surface area contributed by atoms with E-state index in [0.29, 0.717) is 6.07 Å². The molecule has 156 valence electrons. The number of hydrogen-bond donors (Lipinski definition) is 3. The molecule has 8 nitrogen and oxygen atoms in total. The molecule has 2 aromatic carbocycles. The number of anilines is 2. The number of halogens is 3. The molecule has 0 saturated carbocycles. The van der Waals surface area contributed by atoms with Crippen molar-refractivity contribution >= 4 is 23.1 Å². The van der Waals surface area contributed by atoms with Crippen molar-refractivity contribution in [1.82, 2.24) is 0 Å². The number of rotatable bonds is 4.